The SMILES string of the molecule is CCOc1ccc([C@@H]2c3cccn3-c3sc4c(c3CN2C(=O)NCc2ccccc2)CCCC4)cc1. The van der Waals surface area contributed by atoms with E-state index in [9.17, 15) is 4.79 Å². The molecule has 2 aromatic carbocycles. The number of ether oxygens (including phenoxy) is 1. The lowest BCUT2D eigenvalue weighted by Crippen LogP contribution is -2.41. The van der Waals surface area contributed by atoms with Crippen LogP contribution in [0.2, 0.25) is 0 Å². The van der Waals surface area contributed by atoms with E-state index < -0.39 is 0 Å². The van der Waals surface area contributed by atoms with E-state index in [4.69, 9.17) is 4.74 Å². The van der Waals surface area contributed by atoms with Crippen LogP contribution >= 0.6 is 11.3 Å². The van der Waals surface area contributed by atoms with E-state index in [-0.39, 0.29) is 12.1 Å². The first-order chi connectivity index (χ1) is 17.7. The van der Waals surface area contributed by atoms with Crippen molar-refractivity contribution in [2.75, 3.05) is 6.61 Å². The van der Waals surface area contributed by atoms with Gasteiger partial charge in [0.1, 0.15) is 10.8 Å². The molecular formula is C30H31N3O2S. The molecule has 36 heavy (non-hydrogen) atoms. The molecule has 0 spiro atoms. The highest BCUT2D eigenvalue weighted by molar-refractivity contribution is 7.15. The van der Waals surface area contributed by atoms with Crippen molar-refractivity contribution in [3.05, 3.63) is 106 Å². The zero-order valence-corrected chi connectivity index (χ0v) is 21.4. The fourth-order valence-electron chi connectivity index (χ4n) is 5.53. The number of aryl methyl sites for hydroxylation is 1. The maximum atomic E-state index is 13.9. The Bertz CT molecular complexity index is 1360. The Balaban J connectivity index is 1.42. The zero-order valence-electron chi connectivity index (χ0n) is 20.6. The maximum absolute atomic E-state index is 13.9. The molecule has 5 nitrogen and oxygen atoms in total. The summed E-state index contributed by atoms with van der Waals surface area (Å²) in [6, 6.07) is 22.3. The van der Waals surface area contributed by atoms with Crippen LogP contribution in [-0.4, -0.2) is 22.1 Å². The summed E-state index contributed by atoms with van der Waals surface area (Å²) in [6.07, 6.45) is 6.87. The van der Waals surface area contributed by atoms with E-state index in [2.05, 4.69) is 40.3 Å². The summed E-state index contributed by atoms with van der Waals surface area (Å²) in [6.45, 7) is 3.72. The first-order valence-electron chi connectivity index (χ1n) is 12.8. The Morgan fingerprint density at radius 2 is 1.81 bits per heavy atom. The van der Waals surface area contributed by atoms with Gasteiger partial charge < -0.3 is 19.5 Å². The van der Waals surface area contributed by atoms with Crippen LogP contribution in [0.15, 0.2) is 72.9 Å². The van der Waals surface area contributed by atoms with Gasteiger partial charge in [0, 0.05) is 23.2 Å². The van der Waals surface area contributed by atoms with Crippen molar-refractivity contribution in [1.82, 2.24) is 14.8 Å². The van der Waals surface area contributed by atoms with E-state index in [1.165, 1.54) is 33.8 Å². The maximum Gasteiger partial charge on any atom is 0.318 e. The first kappa shape index (κ1) is 22.9. The average molecular weight is 498 g/mol. The Hall–Kier alpha value is -3.51. The number of urea groups is 1. The molecule has 0 saturated carbocycles. The van der Waals surface area contributed by atoms with E-state index in [1.54, 1.807) is 0 Å². The lowest BCUT2D eigenvalue weighted by Gasteiger charge is -2.31. The summed E-state index contributed by atoms with van der Waals surface area (Å²) >= 11 is 1.91. The number of benzene rings is 2. The Morgan fingerprint density at radius 1 is 1.00 bits per heavy atom. The molecule has 2 aromatic heterocycles. The van der Waals surface area contributed by atoms with Gasteiger partial charge in [0.15, 0.2) is 0 Å². The van der Waals surface area contributed by atoms with Crippen LogP contribution in [-0.2, 0) is 25.9 Å². The van der Waals surface area contributed by atoms with Gasteiger partial charge in [-0.05, 0) is 73.6 Å². The standard InChI is InChI=1S/C30H31N3O2S/c1-2-35-23-16-14-22(15-17-23)28-26-12-8-18-32(26)29-25(24-11-6-7-13-27(24)36-29)20-33(28)30(34)31-19-21-9-4-3-5-10-21/h3-5,8-10,12,14-18,28H,2,6-7,11,13,19-20H2,1H3,(H,31,34)/t28-/m1/s1. The van der Waals surface area contributed by atoms with E-state index in [0.29, 0.717) is 19.7 Å². The molecular weight excluding hydrogens is 466 g/mol. The van der Waals surface area contributed by atoms with Crippen molar-refractivity contribution in [2.45, 2.75) is 51.7 Å². The van der Waals surface area contributed by atoms with Gasteiger partial charge in [0.05, 0.1) is 24.9 Å². The molecule has 4 aromatic rings. The third-order valence-electron chi connectivity index (χ3n) is 7.23. The smallest absolute Gasteiger partial charge is 0.318 e. The number of amides is 2. The molecule has 1 N–H and O–H groups in total. The van der Waals surface area contributed by atoms with E-state index in [0.717, 1.165) is 35.4 Å². The van der Waals surface area contributed by atoms with Gasteiger partial charge in [-0.2, -0.15) is 0 Å². The molecule has 3 heterocycles. The molecule has 1 atom stereocenters. The number of carbonyl (C=O) groups excluding carboxylic acids is 1. The normalized spacial score (nSPS) is 16.5. The van der Waals surface area contributed by atoms with Crippen LogP contribution in [0.3, 0.4) is 0 Å². The Labute approximate surface area is 216 Å². The molecule has 1 aliphatic carbocycles. The number of thiophene rings is 1. The number of nitrogens with one attached hydrogen (secondary N) is 1. The van der Waals surface area contributed by atoms with Gasteiger partial charge in [-0.15, -0.1) is 11.3 Å². The summed E-state index contributed by atoms with van der Waals surface area (Å²) in [5.41, 5.74) is 6.07. The summed E-state index contributed by atoms with van der Waals surface area (Å²) in [5, 5.41) is 4.48. The third-order valence-corrected chi connectivity index (χ3v) is 8.57. The molecule has 0 radical (unpaired) electrons. The minimum absolute atomic E-state index is 0.0471. The van der Waals surface area contributed by atoms with Crippen molar-refractivity contribution in [2.24, 2.45) is 0 Å². The van der Waals surface area contributed by atoms with Crippen LogP contribution in [0.1, 0.15) is 58.6 Å². The predicted molar refractivity (Wildman–Crippen MR) is 144 cm³/mol. The summed E-state index contributed by atoms with van der Waals surface area (Å²) < 4.78 is 8.02. The molecule has 6 rings (SSSR count). The fraction of sp³-hybridized carbons (Fsp3) is 0.300. The van der Waals surface area contributed by atoms with Crippen LogP contribution in [0, 0.1) is 0 Å². The van der Waals surface area contributed by atoms with Gasteiger partial charge in [0.25, 0.3) is 0 Å². The lowest BCUT2D eigenvalue weighted by atomic mass is 9.95. The number of rotatable bonds is 5. The van der Waals surface area contributed by atoms with Crippen molar-refractivity contribution in [3.8, 4) is 10.8 Å². The molecule has 184 valence electrons. The number of aromatic nitrogens is 1. The van der Waals surface area contributed by atoms with Gasteiger partial charge in [-0.1, -0.05) is 42.5 Å². The van der Waals surface area contributed by atoms with E-state index in [1.807, 2.05) is 65.6 Å². The second-order valence-corrected chi connectivity index (χ2v) is 10.6. The Kier molecular flexibility index (Phi) is 6.28. The second kappa shape index (κ2) is 9.86. The monoisotopic (exact) mass is 497 g/mol. The minimum atomic E-state index is -0.203. The van der Waals surface area contributed by atoms with Crippen LogP contribution in [0.4, 0.5) is 4.79 Å². The molecule has 0 fully saturated rings. The number of fused-ring (bicyclic) bond motifs is 5. The molecule has 1 aliphatic heterocycles. The first-order valence-corrected chi connectivity index (χ1v) is 13.7. The minimum Gasteiger partial charge on any atom is -0.494 e. The van der Waals surface area contributed by atoms with Crippen LogP contribution in [0.5, 0.6) is 5.75 Å². The molecule has 6 heteroatoms. The lowest BCUT2D eigenvalue weighted by molar-refractivity contribution is 0.180. The number of carbonyl (C=O) groups is 1. The average Bonchev–Trinajstić information content (AvgIpc) is 3.51. The number of hydrogen-bond acceptors (Lipinski definition) is 3. The molecule has 2 amide bonds. The largest absolute Gasteiger partial charge is 0.494 e. The van der Waals surface area contributed by atoms with Crippen molar-refractivity contribution >= 4 is 17.4 Å². The van der Waals surface area contributed by atoms with Crippen LogP contribution < -0.4 is 10.1 Å². The van der Waals surface area contributed by atoms with Crippen molar-refractivity contribution < 1.29 is 9.53 Å². The second-order valence-electron chi connectivity index (χ2n) is 9.47. The fourth-order valence-corrected chi connectivity index (χ4v) is 6.93. The quantitative estimate of drug-likeness (QED) is 0.336. The van der Waals surface area contributed by atoms with Crippen molar-refractivity contribution in [3.63, 3.8) is 0 Å². The number of hydrogen-bond donors (Lipinski definition) is 1. The molecule has 2 aliphatic rings. The van der Waals surface area contributed by atoms with Crippen molar-refractivity contribution in [1.29, 1.82) is 0 Å². The topological polar surface area (TPSA) is 46.5 Å². The highest BCUT2D eigenvalue weighted by Crippen LogP contribution is 2.44. The molecule has 0 bridgehead atoms. The van der Waals surface area contributed by atoms with Gasteiger partial charge in [-0.25, -0.2) is 4.79 Å². The highest BCUT2D eigenvalue weighted by atomic mass is 32.1. The molecule has 0 saturated heterocycles. The van der Waals surface area contributed by atoms with E-state index >= 15 is 0 Å². The Morgan fingerprint density at radius 3 is 2.61 bits per heavy atom. The summed E-state index contributed by atoms with van der Waals surface area (Å²) in [7, 11) is 0. The van der Waals surface area contributed by atoms with Gasteiger partial charge in [-0.3, -0.25) is 0 Å². The van der Waals surface area contributed by atoms with Gasteiger partial charge in [0.2, 0.25) is 0 Å². The number of nitrogens with zero attached hydrogens (tertiary/aromatic N) is 2. The third kappa shape index (κ3) is 4.20. The summed E-state index contributed by atoms with van der Waals surface area (Å²) in [5.74, 6) is 0.846. The predicted octanol–water partition coefficient (Wildman–Crippen LogP) is 6.63. The summed E-state index contributed by atoms with van der Waals surface area (Å²) in [4.78, 5) is 17.4. The highest BCUT2D eigenvalue weighted by Gasteiger charge is 2.36. The van der Waals surface area contributed by atoms with Crippen LogP contribution in [0.25, 0.3) is 5.00 Å². The van der Waals surface area contributed by atoms with Gasteiger partial charge >= 0.3 is 6.03 Å². The zero-order chi connectivity index (χ0) is 24.5. The molecule has 0 unspecified atom stereocenters.